The number of hydrogen-bond donors (Lipinski definition) is 1. The number of hydrogen-bond acceptors (Lipinski definition) is 6. The van der Waals surface area contributed by atoms with Gasteiger partial charge in [0, 0.05) is 32.7 Å². The fraction of sp³-hybridized carbons (Fsp3) is 0.769. The molecule has 0 spiro atoms. The minimum absolute atomic E-state index is 0.0810. The molecule has 1 saturated carbocycles. The van der Waals surface area contributed by atoms with Crippen molar-refractivity contribution in [2.24, 2.45) is 23.7 Å². The second kappa shape index (κ2) is 11.9. The van der Waals surface area contributed by atoms with Crippen LogP contribution in [0.15, 0.2) is 12.2 Å². The Morgan fingerprint density at radius 1 is 1.00 bits per heavy atom. The predicted octanol–water partition coefficient (Wildman–Crippen LogP) is 2.74. The summed E-state index contributed by atoms with van der Waals surface area (Å²) < 4.78 is 10.3. The molecule has 1 aliphatic carbocycles. The molecule has 0 radical (unpaired) electrons. The summed E-state index contributed by atoms with van der Waals surface area (Å²) in [7, 11) is 1.38. The lowest BCUT2D eigenvalue weighted by molar-refractivity contribution is -0.146. The maximum atomic E-state index is 12.8. The van der Waals surface area contributed by atoms with Gasteiger partial charge < -0.3 is 24.6 Å². The quantitative estimate of drug-likeness (QED) is 0.434. The highest BCUT2D eigenvalue weighted by Crippen LogP contribution is 2.37. The van der Waals surface area contributed by atoms with Crippen molar-refractivity contribution in [1.29, 1.82) is 0 Å². The summed E-state index contributed by atoms with van der Waals surface area (Å²) in [6.45, 7) is 8.10. The zero-order chi connectivity index (χ0) is 25.6. The molecule has 1 unspecified atom stereocenters. The molecule has 35 heavy (non-hydrogen) atoms. The first kappa shape index (κ1) is 27.0. The number of piperidine rings is 2. The zero-order valence-electron chi connectivity index (χ0n) is 21.6. The van der Waals surface area contributed by atoms with E-state index in [1.54, 1.807) is 15.9 Å². The van der Waals surface area contributed by atoms with Crippen molar-refractivity contribution in [2.75, 3.05) is 39.8 Å². The van der Waals surface area contributed by atoms with Crippen LogP contribution in [-0.4, -0.2) is 79.1 Å². The third-order valence-electron chi connectivity index (χ3n) is 7.00. The van der Waals surface area contributed by atoms with Gasteiger partial charge in [0.15, 0.2) is 0 Å². The SMILES string of the molecule is COC(=O)C(CNC(=O)[C@@H]1CCCN(C(=O)/C=C/C2CCN(C(=O)OC(C)(C)C)CC2)C1)C1CC1. The Balaban J connectivity index is 1.42. The number of ether oxygens (including phenoxy) is 2. The Bertz CT molecular complexity index is 808. The van der Waals surface area contributed by atoms with Gasteiger partial charge in [0.25, 0.3) is 0 Å². The van der Waals surface area contributed by atoms with Gasteiger partial charge >= 0.3 is 12.1 Å². The number of nitrogens with one attached hydrogen (secondary N) is 1. The van der Waals surface area contributed by atoms with Crippen LogP contribution in [0.2, 0.25) is 0 Å². The first-order valence-electron chi connectivity index (χ1n) is 12.9. The lowest BCUT2D eigenvalue weighted by atomic mass is 9.95. The first-order chi connectivity index (χ1) is 16.6. The van der Waals surface area contributed by atoms with Gasteiger partial charge in [-0.3, -0.25) is 14.4 Å². The van der Waals surface area contributed by atoms with E-state index in [2.05, 4.69) is 5.32 Å². The lowest BCUT2D eigenvalue weighted by Gasteiger charge is -2.33. The second-order valence-corrected chi connectivity index (χ2v) is 11.0. The van der Waals surface area contributed by atoms with Crippen LogP contribution in [0.5, 0.6) is 0 Å². The zero-order valence-corrected chi connectivity index (χ0v) is 21.6. The normalized spacial score (nSPS) is 22.6. The van der Waals surface area contributed by atoms with Crippen molar-refractivity contribution in [3.8, 4) is 0 Å². The van der Waals surface area contributed by atoms with Crippen LogP contribution in [-0.2, 0) is 23.9 Å². The molecule has 2 saturated heterocycles. The van der Waals surface area contributed by atoms with Crippen molar-refractivity contribution < 1.29 is 28.7 Å². The van der Waals surface area contributed by atoms with Crippen LogP contribution in [0.4, 0.5) is 4.79 Å². The fourth-order valence-electron chi connectivity index (χ4n) is 4.76. The third kappa shape index (κ3) is 8.25. The maximum absolute atomic E-state index is 12.8. The smallest absolute Gasteiger partial charge is 0.410 e. The molecular formula is C26H41N3O6. The molecule has 3 rings (SSSR count). The summed E-state index contributed by atoms with van der Waals surface area (Å²) in [4.78, 5) is 53.2. The molecule has 3 fully saturated rings. The highest BCUT2D eigenvalue weighted by atomic mass is 16.6. The summed E-state index contributed by atoms with van der Waals surface area (Å²) >= 11 is 0. The van der Waals surface area contributed by atoms with Crippen LogP contribution in [0.25, 0.3) is 0 Å². The molecule has 196 valence electrons. The Morgan fingerprint density at radius 3 is 2.29 bits per heavy atom. The largest absolute Gasteiger partial charge is 0.469 e. The highest BCUT2D eigenvalue weighted by Gasteiger charge is 2.38. The van der Waals surface area contributed by atoms with Crippen molar-refractivity contribution in [2.45, 2.75) is 64.9 Å². The minimum atomic E-state index is -0.510. The van der Waals surface area contributed by atoms with Gasteiger partial charge in [-0.2, -0.15) is 0 Å². The Morgan fingerprint density at radius 2 is 1.69 bits per heavy atom. The maximum Gasteiger partial charge on any atom is 0.410 e. The number of nitrogens with zero attached hydrogens (tertiary/aromatic N) is 2. The molecule has 1 N–H and O–H groups in total. The minimum Gasteiger partial charge on any atom is -0.469 e. The molecule has 0 aromatic heterocycles. The second-order valence-electron chi connectivity index (χ2n) is 11.0. The van der Waals surface area contributed by atoms with Crippen LogP contribution in [0.1, 0.15) is 59.3 Å². The molecule has 2 heterocycles. The number of amides is 3. The molecule has 2 atom stereocenters. The standard InChI is InChI=1S/C26H41N3O6/c1-26(2,3)35-25(33)28-14-11-18(12-15-28)7-10-22(30)29-13-5-6-20(17-29)23(31)27-16-21(19-8-9-19)24(32)34-4/h7,10,18-21H,5-6,8-9,11-17H2,1-4H3,(H,27,31)/b10-7+/t20-,21?/m1/s1. The molecule has 0 bridgehead atoms. The van der Waals surface area contributed by atoms with E-state index >= 15 is 0 Å². The average molecular weight is 492 g/mol. The average Bonchev–Trinajstić information content (AvgIpc) is 3.67. The fourth-order valence-corrected chi connectivity index (χ4v) is 4.76. The van der Waals surface area contributed by atoms with Gasteiger partial charge in [0.1, 0.15) is 5.60 Å². The van der Waals surface area contributed by atoms with E-state index in [-0.39, 0.29) is 41.6 Å². The van der Waals surface area contributed by atoms with E-state index in [0.29, 0.717) is 38.6 Å². The lowest BCUT2D eigenvalue weighted by Crippen LogP contribution is -2.46. The number of allylic oxidation sites excluding steroid dienone is 1. The summed E-state index contributed by atoms with van der Waals surface area (Å²) in [5.74, 6) is -0.466. The van der Waals surface area contributed by atoms with Crippen molar-refractivity contribution in [1.82, 2.24) is 15.1 Å². The molecule has 2 aliphatic heterocycles. The van der Waals surface area contributed by atoms with Gasteiger partial charge in [0.05, 0.1) is 18.9 Å². The number of carbonyl (C=O) groups excluding carboxylic acids is 4. The summed E-state index contributed by atoms with van der Waals surface area (Å²) in [6, 6.07) is 0. The summed E-state index contributed by atoms with van der Waals surface area (Å²) in [6.07, 6.45) is 8.34. The van der Waals surface area contributed by atoms with Gasteiger partial charge in [-0.25, -0.2) is 4.79 Å². The molecule has 3 aliphatic rings. The highest BCUT2D eigenvalue weighted by molar-refractivity contribution is 5.88. The van der Waals surface area contributed by atoms with Gasteiger partial charge in [-0.05, 0) is 77.2 Å². The summed E-state index contributed by atoms with van der Waals surface area (Å²) in [5.41, 5.74) is -0.510. The van der Waals surface area contributed by atoms with Crippen LogP contribution in [0.3, 0.4) is 0 Å². The monoisotopic (exact) mass is 491 g/mol. The van der Waals surface area contributed by atoms with Crippen molar-refractivity contribution >= 4 is 23.9 Å². The van der Waals surface area contributed by atoms with E-state index in [1.807, 2.05) is 26.8 Å². The van der Waals surface area contributed by atoms with E-state index in [0.717, 1.165) is 38.5 Å². The number of carbonyl (C=O) groups is 4. The number of rotatable bonds is 7. The van der Waals surface area contributed by atoms with Gasteiger partial charge in [-0.15, -0.1) is 0 Å². The topological polar surface area (TPSA) is 105 Å². The Labute approximate surface area is 208 Å². The van der Waals surface area contributed by atoms with Gasteiger partial charge in [0.2, 0.25) is 11.8 Å². The van der Waals surface area contributed by atoms with Crippen LogP contribution < -0.4 is 5.32 Å². The van der Waals surface area contributed by atoms with Gasteiger partial charge in [-0.1, -0.05) is 6.08 Å². The van der Waals surface area contributed by atoms with E-state index in [1.165, 1.54) is 7.11 Å². The Hall–Kier alpha value is -2.58. The number of methoxy groups -OCH3 is 1. The third-order valence-corrected chi connectivity index (χ3v) is 7.00. The molecule has 0 aromatic carbocycles. The number of likely N-dealkylation sites (tertiary alicyclic amines) is 2. The molecule has 9 heteroatoms. The first-order valence-corrected chi connectivity index (χ1v) is 12.9. The van der Waals surface area contributed by atoms with E-state index < -0.39 is 5.60 Å². The number of esters is 1. The Kier molecular flexibility index (Phi) is 9.19. The van der Waals surface area contributed by atoms with Crippen molar-refractivity contribution in [3.63, 3.8) is 0 Å². The molecule has 0 aromatic rings. The van der Waals surface area contributed by atoms with Crippen LogP contribution >= 0.6 is 0 Å². The predicted molar refractivity (Wildman–Crippen MR) is 130 cm³/mol. The molecular weight excluding hydrogens is 450 g/mol. The van der Waals surface area contributed by atoms with Crippen LogP contribution in [0, 0.1) is 23.7 Å². The molecule has 3 amide bonds. The molecule has 9 nitrogen and oxygen atoms in total. The van der Waals surface area contributed by atoms with E-state index in [9.17, 15) is 19.2 Å². The van der Waals surface area contributed by atoms with E-state index in [4.69, 9.17) is 9.47 Å². The summed E-state index contributed by atoms with van der Waals surface area (Å²) in [5, 5.41) is 2.92. The van der Waals surface area contributed by atoms with Crippen molar-refractivity contribution in [3.05, 3.63) is 12.2 Å².